The molecule has 0 saturated heterocycles. The van der Waals surface area contributed by atoms with Crippen molar-refractivity contribution in [2.75, 3.05) is 0 Å². The van der Waals surface area contributed by atoms with Crippen LogP contribution in [0.3, 0.4) is 0 Å². The summed E-state index contributed by atoms with van der Waals surface area (Å²) in [6, 6.07) is 0. The third-order valence-corrected chi connectivity index (χ3v) is 0. The molecule has 40 valence electrons. The van der Waals surface area contributed by atoms with Gasteiger partial charge in [-0.1, -0.05) is 0 Å². The summed E-state index contributed by atoms with van der Waals surface area (Å²) in [6.07, 6.45) is 0. The minimum Gasteiger partial charge on any atom is -1.00 e. The molecule has 0 aromatic rings. The van der Waals surface area contributed by atoms with Gasteiger partial charge in [-0.15, -0.1) is 0 Å². The molecule has 0 aliphatic heterocycles. The third-order valence-electron chi connectivity index (χ3n) is 0. The fourth-order valence-electron chi connectivity index (χ4n) is 0. The molecule has 0 amide bonds. The van der Waals surface area contributed by atoms with Gasteiger partial charge in [0, 0.05) is 0 Å². The van der Waals surface area contributed by atoms with Crippen molar-refractivity contribution in [3.8, 4) is 0 Å². The molecule has 0 aromatic heterocycles. The summed E-state index contributed by atoms with van der Waals surface area (Å²) in [5.41, 5.74) is 0. The zero-order valence-corrected chi connectivity index (χ0v) is 4.89. The van der Waals surface area contributed by atoms with Crippen LogP contribution in [-0.4, -0.2) is 24.4 Å². The van der Waals surface area contributed by atoms with Crippen LogP contribution in [0.4, 0.5) is 0 Å². The second-order valence-electron chi connectivity index (χ2n) is 0. The topological polar surface area (TPSA) is 0 Å². The van der Waals surface area contributed by atoms with E-state index < -0.39 is 0 Å². The van der Waals surface area contributed by atoms with E-state index in [1.807, 2.05) is 0 Å². The van der Waals surface area contributed by atoms with Crippen LogP contribution in [0.5, 0.6) is 0 Å². The van der Waals surface area contributed by atoms with E-state index in [1.165, 1.54) is 0 Å². The summed E-state index contributed by atoms with van der Waals surface area (Å²) in [4.78, 5) is 0. The molecule has 0 N–H and O–H groups in total. The van der Waals surface area contributed by atoms with Gasteiger partial charge in [0.05, 0.1) is 0 Å². The van der Waals surface area contributed by atoms with E-state index in [-0.39, 0.29) is 47.9 Å². The molecule has 0 aromatic carbocycles. The van der Waals surface area contributed by atoms with Crippen LogP contribution in [0, 0.1) is 0 Å². The van der Waals surface area contributed by atoms with Crippen LogP contribution in [0.1, 0.15) is 0 Å². The first-order valence-electron chi connectivity index (χ1n) is 0. The smallest absolute Gasteiger partial charge is 1.00 e. The molecular weight excluding hydrogens is 217 g/mol. The predicted molar refractivity (Wildman–Crippen MR) is 5.75 cm³/mol. The Bertz CT molecular complexity index is 3.90. The van der Waals surface area contributed by atoms with Gasteiger partial charge in [-0.3, -0.25) is 0 Å². The van der Waals surface area contributed by atoms with Crippen molar-refractivity contribution in [3.05, 3.63) is 0 Å². The zero-order chi connectivity index (χ0) is 0. The largest absolute Gasteiger partial charge is 5.00 e. The van der Waals surface area contributed by atoms with Crippen LogP contribution in [-0.2, 0) is 0 Å². The first-order valence-corrected chi connectivity index (χ1v) is 0. The van der Waals surface area contributed by atoms with Crippen molar-refractivity contribution < 1.29 is 23.5 Å². The first kappa shape index (κ1) is 882. The van der Waals surface area contributed by atoms with Crippen molar-refractivity contribution in [2.24, 2.45) is 0 Å². The van der Waals surface area contributed by atoms with Crippen molar-refractivity contribution in [2.45, 2.75) is 0 Å². The van der Waals surface area contributed by atoms with Crippen LogP contribution in [0.2, 0.25) is 0 Å². The van der Waals surface area contributed by atoms with E-state index in [1.54, 1.807) is 0 Å². The van der Waals surface area contributed by atoms with Crippen LogP contribution in [0.15, 0.2) is 0 Å². The predicted octanol–water partition coefficient (Wildman–Crippen LogP) is -15.4. The van der Waals surface area contributed by atoms with Gasteiger partial charge in [-0.05, 0) is 0 Å². The third kappa shape index (κ3) is 245. The molecule has 0 aliphatic rings. The van der Waals surface area contributed by atoms with Gasteiger partial charge in [0.25, 0.3) is 0 Å². The quantitative estimate of drug-likeness (QED) is 0.279. The molecule has 0 rings (SSSR count). The summed E-state index contributed by atoms with van der Waals surface area (Å²) in [7, 11) is 0. The van der Waals surface area contributed by atoms with Crippen molar-refractivity contribution in [1.29, 1.82) is 0 Å². The Morgan fingerprint density at radius 3 is 0.333 bits per heavy atom. The Hall–Kier alpha value is 0.468. The Morgan fingerprint density at radius 1 is 0.333 bits per heavy atom. The van der Waals surface area contributed by atoms with Gasteiger partial charge >= 0.3 is 24.4 Å². The second-order valence-corrected chi connectivity index (χ2v) is 0. The van der Waals surface area contributed by atoms with E-state index in [4.69, 9.17) is 0 Å². The Kier molecular flexibility index (Phi) is 73200. The minimum absolute atomic E-state index is 0. The second kappa shape index (κ2) is 498. The number of hydrogen-bond acceptors (Lipinski definition) is 0. The molecule has 0 spiro atoms. The Balaban J connectivity index is 0. The molecular formula is F5Sb. The van der Waals surface area contributed by atoms with Crippen molar-refractivity contribution in [1.82, 2.24) is 0 Å². The average molecular weight is 217 g/mol. The molecule has 0 aliphatic carbocycles. The molecule has 6 heteroatoms. The summed E-state index contributed by atoms with van der Waals surface area (Å²) < 4.78 is 0. The maximum absolute atomic E-state index is 0. The van der Waals surface area contributed by atoms with Gasteiger partial charge < -0.3 is 23.5 Å². The van der Waals surface area contributed by atoms with E-state index in [2.05, 4.69) is 0 Å². The summed E-state index contributed by atoms with van der Waals surface area (Å²) >= 11 is 0. The molecule has 0 nitrogen and oxygen atoms in total. The number of hydrogen-bond donors (Lipinski definition) is 0. The molecule has 0 heterocycles. The standard InChI is InChI=1S/5FH.Sb/h5*1H;/q;;;;;+5/p-5. The maximum Gasteiger partial charge on any atom is 5.00 e. The molecule has 0 unspecified atom stereocenters. The summed E-state index contributed by atoms with van der Waals surface area (Å²) in [5.74, 6) is 0. The minimum atomic E-state index is 0. The molecule has 6 heavy (non-hydrogen) atoms. The van der Waals surface area contributed by atoms with Gasteiger partial charge in [0.2, 0.25) is 0 Å². The summed E-state index contributed by atoms with van der Waals surface area (Å²) in [6.45, 7) is 0. The van der Waals surface area contributed by atoms with E-state index in [9.17, 15) is 0 Å². The van der Waals surface area contributed by atoms with Gasteiger partial charge in [-0.25, -0.2) is 0 Å². The molecule has 0 atom stereocenters. The number of rotatable bonds is 0. The molecule has 0 radical (unpaired) electrons. The fourth-order valence-corrected chi connectivity index (χ4v) is 0. The van der Waals surface area contributed by atoms with Crippen molar-refractivity contribution in [3.63, 3.8) is 0 Å². The van der Waals surface area contributed by atoms with Crippen LogP contribution in [0.25, 0.3) is 0 Å². The van der Waals surface area contributed by atoms with E-state index >= 15 is 0 Å². The molecule has 0 fully saturated rings. The average Bonchev–Trinajstić information content (AvgIpc) is 0. The maximum atomic E-state index is 0. The molecule has 0 bridgehead atoms. The zero-order valence-electron chi connectivity index (χ0n) is 2.34. The van der Waals surface area contributed by atoms with Gasteiger partial charge in [0.15, 0.2) is 0 Å². The fraction of sp³-hybridized carbons (Fsp3) is 0. The molecule has 0 saturated carbocycles. The van der Waals surface area contributed by atoms with E-state index in [0.29, 0.717) is 0 Å². The first-order chi connectivity index (χ1) is 0. The monoisotopic (exact) mass is 216 g/mol. The SMILES string of the molecule is [F-].[F-].[F-].[F-].[F-].[Sb+5]. The van der Waals surface area contributed by atoms with Gasteiger partial charge in [0.1, 0.15) is 0 Å². The normalized spacial score (nSPS) is 0. The van der Waals surface area contributed by atoms with E-state index in [0.717, 1.165) is 0 Å². The van der Waals surface area contributed by atoms with Gasteiger partial charge in [-0.2, -0.15) is 0 Å². The Morgan fingerprint density at radius 2 is 0.333 bits per heavy atom. The van der Waals surface area contributed by atoms with Crippen LogP contribution < -0.4 is 23.5 Å². The Labute approximate surface area is 48.6 Å². The van der Waals surface area contributed by atoms with Crippen molar-refractivity contribution >= 4 is 24.4 Å². The summed E-state index contributed by atoms with van der Waals surface area (Å²) in [5, 5.41) is 0. The number of halogens is 5. The van der Waals surface area contributed by atoms with Crippen LogP contribution >= 0.6 is 0 Å².